The van der Waals surface area contributed by atoms with E-state index in [1.807, 2.05) is 11.8 Å². The molecule has 0 spiro atoms. The lowest BCUT2D eigenvalue weighted by Crippen LogP contribution is -2.45. The number of ether oxygens (including phenoxy) is 2. The molecule has 2 rings (SSSR count). The van der Waals surface area contributed by atoms with Gasteiger partial charge in [0.05, 0.1) is 5.71 Å². The van der Waals surface area contributed by atoms with Gasteiger partial charge in [0.15, 0.2) is 11.5 Å². The Balaban J connectivity index is 2.39. The lowest BCUT2D eigenvalue weighted by molar-refractivity contribution is -0.0692. The number of alkyl halides is 4. The minimum Gasteiger partial charge on any atom is -0.431 e. The van der Waals surface area contributed by atoms with Gasteiger partial charge in [-0.25, -0.2) is 5.01 Å². The van der Waals surface area contributed by atoms with Crippen molar-refractivity contribution < 1.29 is 31.8 Å². The number of hydrazone groups is 1. The highest BCUT2D eigenvalue weighted by atomic mass is 32.2. The first-order valence-corrected chi connectivity index (χ1v) is 8.95. The van der Waals surface area contributed by atoms with Crippen molar-refractivity contribution in [3.05, 3.63) is 23.8 Å². The molecule has 1 unspecified atom stereocenters. The van der Waals surface area contributed by atoms with Crippen LogP contribution >= 0.6 is 11.8 Å². The Bertz CT molecular complexity index is 703. The molecule has 0 aliphatic carbocycles. The molecule has 0 radical (unpaired) electrons. The van der Waals surface area contributed by atoms with Crippen LogP contribution in [0.15, 0.2) is 23.3 Å². The third kappa shape index (κ3) is 5.48. The first kappa shape index (κ1) is 21.3. The van der Waals surface area contributed by atoms with Crippen molar-refractivity contribution in [2.24, 2.45) is 5.10 Å². The van der Waals surface area contributed by atoms with E-state index in [0.29, 0.717) is 17.7 Å². The highest BCUT2D eigenvalue weighted by Gasteiger charge is 2.29. The molecule has 1 aliphatic heterocycles. The number of thioether (sulfide) groups is 1. The van der Waals surface area contributed by atoms with Crippen LogP contribution < -0.4 is 9.47 Å². The summed E-state index contributed by atoms with van der Waals surface area (Å²) in [6, 6.07) is 3.66. The Kier molecular flexibility index (Phi) is 7.31. The van der Waals surface area contributed by atoms with Gasteiger partial charge >= 0.3 is 18.5 Å². The first-order chi connectivity index (χ1) is 12.7. The summed E-state index contributed by atoms with van der Waals surface area (Å²) >= 11 is 1.01. The number of amides is 1. The molecule has 150 valence electrons. The van der Waals surface area contributed by atoms with Gasteiger partial charge in [-0.05, 0) is 38.7 Å². The van der Waals surface area contributed by atoms with Crippen molar-refractivity contribution in [1.82, 2.24) is 9.91 Å². The molecule has 6 nitrogen and oxygen atoms in total. The maximum atomic E-state index is 12.6. The molecule has 0 saturated heterocycles. The number of carbonyl (C=O) groups excluding carboxylic acids is 1. The summed E-state index contributed by atoms with van der Waals surface area (Å²) in [5.41, 5.74) is 0.800. The molecule has 11 heteroatoms. The van der Waals surface area contributed by atoms with E-state index in [-0.39, 0.29) is 17.2 Å². The molecule has 0 saturated carbocycles. The van der Waals surface area contributed by atoms with Crippen LogP contribution in [-0.2, 0) is 0 Å². The lowest BCUT2D eigenvalue weighted by atomic mass is 10.1. The van der Waals surface area contributed by atoms with Gasteiger partial charge in [-0.3, -0.25) is 9.69 Å². The molecular formula is C16H19F4N3O3S. The zero-order valence-corrected chi connectivity index (χ0v) is 15.7. The Morgan fingerprint density at radius 2 is 1.81 bits per heavy atom. The van der Waals surface area contributed by atoms with Crippen molar-refractivity contribution >= 4 is 22.7 Å². The zero-order chi connectivity index (χ0) is 20.1. The summed E-state index contributed by atoms with van der Waals surface area (Å²) in [5.74, 6) is -0.827. The third-order valence-corrected chi connectivity index (χ3v) is 4.55. The normalized spacial score (nSPS) is 16.1. The second kappa shape index (κ2) is 9.27. The monoisotopic (exact) mass is 409 g/mol. The predicted octanol–water partition coefficient (Wildman–Crippen LogP) is 4.06. The van der Waals surface area contributed by atoms with Crippen LogP contribution in [0.5, 0.6) is 11.5 Å². The number of nitrogens with zero attached hydrogens (tertiary/aromatic N) is 3. The molecule has 1 heterocycles. The van der Waals surface area contributed by atoms with Crippen molar-refractivity contribution in [3.8, 4) is 11.5 Å². The van der Waals surface area contributed by atoms with Crippen LogP contribution in [0.1, 0.15) is 18.9 Å². The Labute approximate surface area is 158 Å². The second-order valence-electron chi connectivity index (χ2n) is 5.72. The number of halogens is 4. The molecule has 27 heavy (non-hydrogen) atoms. The maximum absolute atomic E-state index is 12.6. The fourth-order valence-corrected chi connectivity index (χ4v) is 3.33. The van der Waals surface area contributed by atoms with Crippen LogP contribution in [0, 0.1) is 0 Å². The molecule has 1 atom stereocenters. The van der Waals surface area contributed by atoms with Gasteiger partial charge < -0.3 is 9.47 Å². The largest absolute Gasteiger partial charge is 0.431 e. The smallest absolute Gasteiger partial charge is 0.387 e. The van der Waals surface area contributed by atoms with Gasteiger partial charge in [0.25, 0.3) is 0 Å². The number of rotatable bonds is 8. The average molecular weight is 409 g/mol. The van der Waals surface area contributed by atoms with Gasteiger partial charge in [-0.2, -0.15) is 22.7 Å². The van der Waals surface area contributed by atoms with E-state index in [4.69, 9.17) is 0 Å². The summed E-state index contributed by atoms with van der Waals surface area (Å²) in [4.78, 5) is 14.0. The third-order valence-electron chi connectivity index (χ3n) is 3.70. The summed E-state index contributed by atoms with van der Waals surface area (Å²) in [6.07, 6.45) is 0.343. The lowest BCUT2D eigenvalue weighted by Gasteiger charge is -2.34. The van der Waals surface area contributed by atoms with Crippen molar-refractivity contribution in [1.29, 1.82) is 0 Å². The quantitative estimate of drug-likeness (QED) is 0.606. The van der Waals surface area contributed by atoms with Crippen molar-refractivity contribution in [2.75, 3.05) is 19.8 Å². The van der Waals surface area contributed by atoms with Crippen LogP contribution in [0.3, 0.4) is 0 Å². The molecule has 1 aromatic rings. The van der Waals surface area contributed by atoms with Gasteiger partial charge in [0.1, 0.15) is 6.17 Å². The minimum atomic E-state index is -3.21. The van der Waals surface area contributed by atoms with E-state index in [0.717, 1.165) is 23.9 Å². The van der Waals surface area contributed by atoms with E-state index in [2.05, 4.69) is 14.6 Å². The molecular weight excluding hydrogens is 390 g/mol. The van der Waals surface area contributed by atoms with Crippen molar-refractivity contribution in [3.63, 3.8) is 0 Å². The van der Waals surface area contributed by atoms with Crippen LogP contribution in [0.25, 0.3) is 0 Å². The SMILES string of the molecule is CCC(N(C)C)N1N=C(c2ccc(OC(F)F)c(OC(F)F)c2)CSC1=O. The standard InChI is InChI=1S/C16H19F4N3O3S/c1-4-13(22(2)3)23-16(24)27-8-10(21-23)9-5-6-11(25-14(17)18)12(7-9)26-15(19)20/h5-7,13-15H,4,8H2,1-3H3. The van der Waals surface area contributed by atoms with E-state index in [9.17, 15) is 22.4 Å². The summed E-state index contributed by atoms with van der Waals surface area (Å²) in [7, 11) is 3.61. The van der Waals surface area contributed by atoms with Crippen LogP contribution in [-0.4, -0.2) is 60.1 Å². The highest BCUT2D eigenvalue weighted by Crippen LogP contribution is 2.33. The highest BCUT2D eigenvalue weighted by molar-refractivity contribution is 8.14. The topological polar surface area (TPSA) is 54.4 Å². The van der Waals surface area contributed by atoms with Gasteiger partial charge in [-0.15, -0.1) is 0 Å². The van der Waals surface area contributed by atoms with E-state index >= 15 is 0 Å². The predicted molar refractivity (Wildman–Crippen MR) is 93.7 cm³/mol. The Hall–Kier alpha value is -2.01. The number of benzene rings is 1. The van der Waals surface area contributed by atoms with Gasteiger partial charge in [0, 0.05) is 11.3 Å². The van der Waals surface area contributed by atoms with Gasteiger partial charge in [-0.1, -0.05) is 18.7 Å². The fraction of sp³-hybridized carbons (Fsp3) is 0.500. The summed E-state index contributed by atoms with van der Waals surface area (Å²) in [6.45, 7) is -4.49. The van der Waals surface area contributed by atoms with Gasteiger partial charge in [0.2, 0.25) is 0 Å². The fourth-order valence-electron chi connectivity index (χ4n) is 2.55. The van der Waals surface area contributed by atoms with Crippen LogP contribution in [0.4, 0.5) is 22.4 Å². The van der Waals surface area contributed by atoms with E-state index in [1.165, 1.54) is 11.1 Å². The average Bonchev–Trinajstić information content (AvgIpc) is 2.57. The number of hydrogen-bond donors (Lipinski definition) is 0. The molecule has 0 fully saturated rings. The number of hydrogen-bond acceptors (Lipinski definition) is 6. The van der Waals surface area contributed by atoms with Crippen LogP contribution in [0.2, 0.25) is 0 Å². The Morgan fingerprint density at radius 1 is 1.19 bits per heavy atom. The summed E-state index contributed by atoms with van der Waals surface area (Å²) < 4.78 is 58.6. The molecule has 0 bridgehead atoms. The number of carbonyl (C=O) groups is 1. The van der Waals surface area contributed by atoms with E-state index < -0.39 is 24.7 Å². The Morgan fingerprint density at radius 3 is 2.37 bits per heavy atom. The zero-order valence-electron chi connectivity index (χ0n) is 14.9. The molecule has 0 aromatic heterocycles. The summed E-state index contributed by atoms with van der Waals surface area (Å²) in [5, 5.41) is 5.43. The molecule has 0 N–H and O–H groups in total. The van der Waals surface area contributed by atoms with Crippen molar-refractivity contribution in [2.45, 2.75) is 32.7 Å². The maximum Gasteiger partial charge on any atom is 0.387 e. The molecule has 1 aromatic carbocycles. The second-order valence-corrected chi connectivity index (χ2v) is 6.64. The molecule has 1 amide bonds. The van der Waals surface area contributed by atoms with E-state index in [1.54, 1.807) is 14.1 Å². The minimum absolute atomic E-state index is 0.211. The first-order valence-electron chi connectivity index (χ1n) is 7.96. The molecule has 1 aliphatic rings.